The molecule has 0 saturated heterocycles. The molecule has 4 rings (SSSR count). The molecule has 0 aliphatic carbocycles. The molecule has 1 aliphatic heterocycles. The maximum Gasteiger partial charge on any atom is 0.222 e. The number of azide groups is 1. The summed E-state index contributed by atoms with van der Waals surface area (Å²) in [6, 6.07) is 3.86. The summed E-state index contributed by atoms with van der Waals surface area (Å²) in [5.74, 6) is 1.15. The highest BCUT2D eigenvalue weighted by molar-refractivity contribution is 5.77. The van der Waals surface area contributed by atoms with E-state index in [1.165, 1.54) is 6.33 Å². The number of aromatic nitrogens is 4. The molecule has 0 bridgehead atoms. The molecular weight excluding hydrogens is 638 g/mol. The fourth-order valence-electron chi connectivity index (χ4n) is 4.93. The summed E-state index contributed by atoms with van der Waals surface area (Å²) < 4.78 is 32.5. The van der Waals surface area contributed by atoms with Crippen LogP contribution in [0.5, 0.6) is 0 Å². The highest BCUT2D eigenvalue weighted by atomic mass is 16.6. The zero-order chi connectivity index (χ0) is 34.4. The largest absolute Gasteiger partial charge is 0.383 e. The number of nitrogens with two attached hydrogens (primary N) is 1. The number of nitrogens with one attached hydrogen (secondary N) is 3. The molecule has 5 N–H and O–H groups in total. The molecule has 0 aromatic carbocycles. The Hall–Kier alpha value is -4.13. The highest BCUT2D eigenvalue weighted by Crippen LogP contribution is 2.38. The van der Waals surface area contributed by atoms with Crippen molar-refractivity contribution in [2.45, 2.75) is 25.3 Å². The Labute approximate surface area is 284 Å². The highest BCUT2D eigenvalue weighted by Gasteiger charge is 2.33. The minimum absolute atomic E-state index is 0.0473. The van der Waals surface area contributed by atoms with Crippen molar-refractivity contribution in [1.29, 1.82) is 0 Å². The van der Waals surface area contributed by atoms with Crippen LogP contribution in [0.25, 0.3) is 21.5 Å². The molecular formula is C31H47N11O7. The summed E-state index contributed by atoms with van der Waals surface area (Å²) in [7, 11) is 0. The molecule has 1 unspecified atom stereocenters. The molecule has 0 radical (unpaired) electrons. The predicted molar refractivity (Wildman–Crippen MR) is 181 cm³/mol. The standard InChI is InChI=1S/C31H47N11O7/c32-29-27-28(25-21-24-3-6-35-30(24)36-22-25)40-42(31(27)38-23-37-29)8-2-1-5-34-26(43)4-9-44-11-13-46-15-17-48-19-20-49-18-16-47-14-12-45-10-7-39-41-33/h3,6,21-23,28,40H,1-2,4-5,7-20H2,(H,34,43)(H,35,36)(H2,32,37,38). The van der Waals surface area contributed by atoms with Crippen LogP contribution in [0.1, 0.15) is 36.4 Å². The molecule has 0 saturated carbocycles. The van der Waals surface area contributed by atoms with E-state index in [0.717, 1.165) is 40.8 Å². The minimum atomic E-state index is -0.203. The Morgan fingerprint density at radius 3 is 2.24 bits per heavy atom. The first-order valence-corrected chi connectivity index (χ1v) is 16.5. The van der Waals surface area contributed by atoms with Crippen LogP contribution in [-0.2, 0) is 33.2 Å². The number of ether oxygens (including phenoxy) is 6. The van der Waals surface area contributed by atoms with E-state index >= 15 is 0 Å². The Morgan fingerprint density at radius 2 is 1.57 bits per heavy atom. The van der Waals surface area contributed by atoms with E-state index in [2.05, 4.69) is 46.8 Å². The van der Waals surface area contributed by atoms with Crippen LogP contribution >= 0.6 is 0 Å². The van der Waals surface area contributed by atoms with Gasteiger partial charge in [0.15, 0.2) is 5.82 Å². The number of nitrogen functional groups attached to an aromatic ring is 1. The fourth-order valence-corrected chi connectivity index (χ4v) is 4.93. The first-order valence-electron chi connectivity index (χ1n) is 16.5. The number of amides is 1. The number of H-pyrrole nitrogens is 1. The lowest BCUT2D eigenvalue weighted by atomic mass is 10.0. The van der Waals surface area contributed by atoms with Gasteiger partial charge in [-0.15, -0.1) is 0 Å². The van der Waals surface area contributed by atoms with Gasteiger partial charge in [-0.05, 0) is 36.1 Å². The Bertz CT molecular complexity index is 1440. The second kappa shape index (κ2) is 22.5. The van der Waals surface area contributed by atoms with Gasteiger partial charge in [0.2, 0.25) is 5.91 Å². The first kappa shape index (κ1) is 37.7. The number of unbranched alkanes of at least 4 members (excludes halogenated alkanes) is 1. The van der Waals surface area contributed by atoms with Gasteiger partial charge in [0.05, 0.1) is 90.9 Å². The van der Waals surface area contributed by atoms with Crippen molar-refractivity contribution in [3.63, 3.8) is 0 Å². The lowest BCUT2D eigenvalue weighted by molar-refractivity contribution is -0.122. The van der Waals surface area contributed by atoms with Crippen LogP contribution in [0.3, 0.4) is 0 Å². The van der Waals surface area contributed by atoms with Gasteiger partial charge in [-0.3, -0.25) is 9.80 Å². The normalized spacial score (nSPS) is 13.9. The van der Waals surface area contributed by atoms with Crippen molar-refractivity contribution in [3.05, 3.63) is 52.4 Å². The number of hydrogen-bond donors (Lipinski definition) is 4. The van der Waals surface area contributed by atoms with E-state index < -0.39 is 0 Å². The van der Waals surface area contributed by atoms with E-state index in [1.54, 1.807) is 0 Å². The molecule has 3 aromatic rings. The van der Waals surface area contributed by atoms with E-state index in [0.29, 0.717) is 111 Å². The lowest BCUT2D eigenvalue weighted by Gasteiger charge is -2.20. The van der Waals surface area contributed by atoms with Gasteiger partial charge in [0, 0.05) is 48.7 Å². The summed E-state index contributed by atoms with van der Waals surface area (Å²) in [5, 5.41) is 9.34. The second-order valence-corrected chi connectivity index (χ2v) is 10.8. The molecule has 18 nitrogen and oxygen atoms in total. The summed E-state index contributed by atoms with van der Waals surface area (Å²) >= 11 is 0. The number of anilines is 2. The van der Waals surface area contributed by atoms with Crippen molar-refractivity contribution in [3.8, 4) is 0 Å². The summed E-state index contributed by atoms with van der Waals surface area (Å²) in [6.45, 7) is 6.82. The molecule has 1 aliphatic rings. The zero-order valence-corrected chi connectivity index (χ0v) is 27.8. The molecule has 0 fully saturated rings. The van der Waals surface area contributed by atoms with E-state index in [9.17, 15) is 4.79 Å². The Morgan fingerprint density at radius 1 is 0.918 bits per heavy atom. The number of pyridine rings is 1. The molecule has 268 valence electrons. The second-order valence-electron chi connectivity index (χ2n) is 10.8. The molecule has 18 heteroatoms. The number of aromatic amines is 1. The maximum absolute atomic E-state index is 12.2. The van der Waals surface area contributed by atoms with Crippen LogP contribution in [0.4, 0.5) is 11.6 Å². The molecule has 1 atom stereocenters. The number of hydrogen-bond acceptors (Lipinski definition) is 14. The molecule has 3 aromatic heterocycles. The van der Waals surface area contributed by atoms with Gasteiger partial charge in [0.1, 0.15) is 17.8 Å². The van der Waals surface area contributed by atoms with Crippen LogP contribution in [0.15, 0.2) is 36.0 Å². The van der Waals surface area contributed by atoms with Gasteiger partial charge in [0.25, 0.3) is 0 Å². The van der Waals surface area contributed by atoms with Crippen molar-refractivity contribution in [1.82, 2.24) is 30.7 Å². The van der Waals surface area contributed by atoms with Crippen LogP contribution < -0.4 is 21.5 Å². The van der Waals surface area contributed by atoms with Crippen LogP contribution in [0.2, 0.25) is 0 Å². The molecule has 1 amide bonds. The van der Waals surface area contributed by atoms with E-state index in [-0.39, 0.29) is 11.9 Å². The van der Waals surface area contributed by atoms with Gasteiger partial charge in [-0.25, -0.2) is 20.4 Å². The third-order valence-corrected chi connectivity index (χ3v) is 7.34. The van der Waals surface area contributed by atoms with E-state index in [4.69, 9.17) is 39.7 Å². The number of nitrogens with zero attached hydrogens (tertiary/aromatic N) is 7. The molecule has 49 heavy (non-hydrogen) atoms. The average molecular weight is 686 g/mol. The maximum atomic E-state index is 12.2. The third kappa shape index (κ3) is 13.4. The fraction of sp³-hybridized carbons (Fsp3) is 0.613. The van der Waals surface area contributed by atoms with Crippen molar-refractivity contribution >= 4 is 28.6 Å². The minimum Gasteiger partial charge on any atom is -0.383 e. The van der Waals surface area contributed by atoms with Gasteiger partial charge >= 0.3 is 0 Å². The SMILES string of the molecule is [N-]=[N+]=NCCOCCOCCOCCOCCOCCOCCC(=O)NCCCCN1NC(c2cnc3[nH]ccc3c2)c2c(N)ncnc21. The summed E-state index contributed by atoms with van der Waals surface area (Å²) in [4.78, 5) is 31.2. The monoisotopic (exact) mass is 685 g/mol. The zero-order valence-electron chi connectivity index (χ0n) is 27.8. The topological polar surface area (TPSA) is 229 Å². The lowest BCUT2D eigenvalue weighted by Crippen LogP contribution is -2.36. The third-order valence-electron chi connectivity index (χ3n) is 7.34. The van der Waals surface area contributed by atoms with Crippen molar-refractivity contribution in [2.24, 2.45) is 5.11 Å². The Kier molecular flexibility index (Phi) is 17.3. The molecule has 4 heterocycles. The number of hydrazine groups is 1. The Balaban J connectivity index is 0.933. The predicted octanol–water partition coefficient (Wildman–Crippen LogP) is 2.05. The first-order chi connectivity index (χ1) is 24.2. The van der Waals surface area contributed by atoms with Crippen molar-refractivity contribution in [2.75, 3.05) is 110 Å². The van der Waals surface area contributed by atoms with Crippen molar-refractivity contribution < 1.29 is 33.2 Å². The summed E-state index contributed by atoms with van der Waals surface area (Å²) in [5.41, 5.74) is 20.6. The number of fused-ring (bicyclic) bond motifs is 2. The average Bonchev–Trinajstić information content (AvgIpc) is 3.74. The quantitative estimate of drug-likeness (QED) is 0.0390. The van der Waals surface area contributed by atoms with Gasteiger partial charge < -0.3 is 44.5 Å². The van der Waals surface area contributed by atoms with Gasteiger partial charge in [-0.1, -0.05) is 5.11 Å². The summed E-state index contributed by atoms with van der Waals surface area (Å²) in [6.07, 6.45) is 7.09. The molecule has 0 spiro atoms. The van der Waals surface area contributed by atoms with E-state index in [1.807, 2.05) is 23.5 Å². The number of carbonyl (C=O) groups excluding carboxylic acids is 1. The van der Waals surface area contributed by atoms with Gasteiger partial charge in [-0.2, -0.15) is 0 Å². The van der Waals surface area contributed by atoms with Crippen LogP contribution in [0, 0.1) is 0 Å². The van der Waals surface area contributed by atoms with Crippen LogP contribution in [-0.4, -0.2) is 125 Å². The smallest absolute Gasteiger partial charge is 0.222 e. The number of carbonyl (C=O) groups is 1. The number of rotatable bonds is 27.